The molecule has 0 radical (unpaired) electrons. The zero-order valence-corrected chi connectivity index (χ0v) is 18.3. The van der Waals surface area contributed by atoms with Crippen molar-refractivity contribution in [3.05, 3.63) is 77.6 Å². The molecule has 1 aromatic heterocycles. The topological polar surface area (TPSA) is 69.0 Å². The number of carbonyl (C=O) groups is 1. The average molecular weight is 423 g/mol. The summed E-state index contributed by atoms with van der Waals surface area (Å²) in [5, 5.41) is 12.1. The first-order chi connectivity index (χ1) is 14.5. The van der Waals surface area contributed by atoms with Gasteiger partial charge in [0, 0.05) is 12.2 Å². The molecule has 0 bridgehead atoms. The number of aryl methyl sites for hydroxylation is 3. The molecule has 1 heterocycles. The van der Waals surface area contributed by atoms with Gasteiger partial charge in [-0.3, -0.25) is 9.36 Å². The second kappa shape index (κ2) is 10.1. The Balaban J connectivity index is 1.62. The van der Waals surface area contributed by atoms with Crippen LogP contribution < -0.4 is 10.1 Å². The number of benzene rings is 2. The number of hydrogen-bond donors (Lipinski definition) is 1. The van der Waals surface area contributed by atoms with Gasteiger partial charge in [-0.05, 0) is 44.5 Å². The molecule has 2 aromatic carbocycles. The van der Waals surface area contributed by atoms with Crippen molar-refractivity contribution in [3.63, 3.8) is 0 Å². The number of carbonyl (C=O) groups excluding carboxylic acids is 1. The van der Waals surface area contributed by atoms with Crippen molar-refractivity contribution in [2.24, 2.45) is 0 Å². The quantitative estimate of drug-likeness (QED) is 0.400. The summed E-state index contributed by atoms with van der Waals surface area (Å²) < 4.78 is 7.86. The Morgan fingerprint density at radius 1 is 1.13 bits per heavy atom. The molecule has 0 fully saturated rings. The number of thioether (sulfide) groups is 1. The Morgan fingerprint density at radius 3 is 2.57 bits per heavy atom. The molecule has 6 nitrogen and oxygen atoms in total. The molecule has 0 aliphatic rings. The Kier molecular flexibility index (Phi) is 7.30. The molecule has 7 heteroatoms. The lowest BCUT2D eigenvalue weighted by Crippen LogP contribution is -2.15. The third-order valence-corrected chi connectivity index (χ3v) is 5.43. The second-order valence-electron chi connectivity index (χ2n) is 7.06. The van der Waals surface area contributed by atoms with Crippen molar-refractivity contribution >= 4 is 23.4 Å². The van der Waals surface area contributed by atoms with Crippen LogP contribution in [-0.2, 0) is 17.9 Å². The van der Waals surface area contributed by atoms with Crippen LogP contribution in [0.25, 0.3) is 0 Å². The Bertz CT molecular complexity index is 1030. The number of nitrogens with zero attached hydrogens (tertiary/aromatic N) is 3. The molecule has 0 spiro atoms. The van der Waals surface area contributed by atoms with Crippen LogP contribution in [-0.4, -0.2) is 26.4 Å². The average Bonchev–Trinajstić information content (AvgIpc) is 3.09. The maximum Gasteiger partial charge on any atom is 0.234 e. The first-order valence-corrected chi connectivity index (χ1v) is 10.7. The van der Waals surface area contributed by atoms with E-state index in [2.05, 4.69) is 35.1 Å². The van der Waals surface area contributed by atoms with Gasteiger partial charge < -0.3 is 10.1 Å². The van der Waals surface area contributed by atoms with E-state index >= 15 is 0 Å². The first kappa shape index (κ1) is 21.6. The van der Waals surface area contributed by atoms with E-state index in [4.69, 9.17) is 4.74 Å². The first-order valence-electron chi connectivity index (χ1n) is 9.68. The number of allylic oxidation sites excluding steroid dienone is 1. The minimum atomic E-state index is -0.0925. The van der Waals surface area contributed by atoms with E-state index in [0.29, 0.717) is 24.1 Å². The predicted molar refractivity (Wildman–Crippen MR) is 121 cm³/mol. The van der Waals surface area contributed by atoms with Crippen molar-refractivity contribution < 1.29 is 9.53 Å². The molecule has 0 saturated carbocycles. The number of ether oxygens (including phenoxy) is 1. The molecule has 1 N–H and O–H groups in total. The minimum absolute atomic E-state index is 0.0925. The lowest BCUT2D eigenvalue weighted by molar-refractivity contribution is -0.113. The van der Waals surface area contributed by atoms with E-state index in [0.717, 1.165) is 22.6 Å². The van der Waals surface area contributed by atoms with Gasteiger partial charge in [-0.1, -0.05) is 53.2 Å². The van der Waals surface area contributed by atoms with Crippen molar-refractivity contribution in [2.45, 2.75) is 39.1 Å². The van der Waals surface area contributed by atoms with Gasteiger partial charge in [0.2, 0.25) is 5.91 Å². The minimum Gasteiger partial charge on any atom is -0.485 e. The third-order valence-electron chi connectivity index (χ3n) is 4.46. The highest BCUT2D eigenvalue weighted by atomic mass is 32.2. The van der Waals surface area contributed by atoms with Crippen LogP contribution in [0.15, 0.2) is 60.3 Å². The van der Waals surface area contributed by atoms with E-state index in [1.165, 1.54) is 17.3 Å². The molecule has 1 amide bonds. The predicted octanol–water partition coefficient (Wildman–Crippen LogP) is 4.70. The van der Waals surface area contributed by atoms with Crippen LogP contribution in [0.3, 0.4) is 0 Å². The van der Waals surface area contributed by atoms with Crippen LogP contribution in [0, 0.1) is 20.8 Å². The van der Waals surface area contributed by atoms with Crippen LogP contribution in [0.1, 0.15) is 22.5 Å². The SMILES string of the molecule is C=CCn1c(COc2ccc(C)cc2C)nnc1SCC(=O)Nc1ccc(C)cc1. The highest BCUT2D eigenvalue weighted by Crippen LogP contribution is 2.22. The number of nitrogens with one attached hydrogen (secondary N) is 1. The van der Waals surface area contributed by atoms with E-state index < -0.39 is 0 Å². The van der Waals surface area contributed by atoms with Crippen molar-refractivity contribution in [1.29, 1.82) is 0 Å². The van der Waals surface area contributed by atoms with Gasteiger partial charge >= 0.3 is 0 Å². The van der Waals surface area contributed by atoms with E-state index in [1.807, 2.05) is 54.8 Å². The van der Waals surface area contributed by atoms with Gasteiger partial charge in [-0.25, -0.2) is 0 Å². The summed E-state index contributed by atoms with van der Waals surface area (Å²) in [6, 6.07) is 13.8. The van der Waals surface area contributed by atoms with E-state index in [1.54, 1.807) is 6.08 Å². The van der Waals surface area contributed by atoms with E-state index in [-0.39, 0.29) is 11.7 Å². The van der Waals surface area contributed by atoms with Gasteiger partial charge in [0.1, 0.15) is 12.4 Å². The summed E-state index contributed by atoms with van der Waals surface area (Å²) in [6.07, 6.45) is 1.78. The van der Waals surface area contributed by atoms with Crippen LogP contribution in [0.2, 0.25) is 0 Å². The molecule has 0 aliphatic carbocycles. The maximum atomic E-state index is 12.3. The van der Waals surface area contributed by atoms with Gasteiger partial charge in [0.15, 0.2) is 11.0 Å². The molecule has 0 unspecified atom stereocenters. The highest BCUT2D eigenvalue weighted by Gasteiger charge is 2.14. The highest BCUT2D eigenvalue weighted by molar-refractivity contribution is 7.99. The summed E-state index contributed by atoms with van der Waals surface area (Å²) in [7, 11) is 0. The normalized spacial score (nSPS) is 10.6. The van der Waals surface area contributed by atoms with Crippen molar-refractivity contribution in [3.8, 4) is 5.75 Å². The summed E-state index contributed by atoms with van der Waals surface area (Å²) in [6.45, 7) is 10.7. The fourth-order valence-corrected chi connectivity index (χ4v) is 3.68. The number of rotatable bonds is 9. The Hall–Kier alpha value is -3.06. The van der Waals surface area contributed by atoms with Crippen molar-refractivity contribution in [1.82, 2.24) is 14.8 Å². The maximum absolute atomic E-state index is 12.3. The Labute approximate surface area is 181 Å². The summed E-state index contributed by atoms with van der Waals surface area (Å²) in [5.41, 5.74) is 4.20. The van der Waals surface area contributed by atoms with Gasteiger partial charge in [0.05, 0.1) is 5.75 Å². The van der Waals surface area contributed by atoms with Crippen LogP contribution in [0.5, 0.6) is 5.75 Å². The fourth-order valence-electron chi connectivity index (χ4n) is 2.91. The molecule has 3 aromatic rings. The number of amides is 1. The standard InChI is InChI=1S/C23H26N4O2S/c1-5-12-27-21(14-29-20-11-8-17(3)13-18(20)4)25-26-23(27)30-15-22(28)24-19-9-6-16(2)7-10-19/h5-11,13H,1,12,14-15H2,2-4H3,(H,24,28). The summed E-state index contributed by atoms with van der Waals surface area (Å²) >= 11 is 1.34. The zero-order chi connectivity index (χ0) is 21.5. The Morgan fingerprint density at radius 2 is 1.87 bits per heavy atom. The monoisotopic (exact) mass is 422 g/mol. The lowest BCUT2D eigenvalue weighted by atomic mass is 10.1. The molecule has 30 heavy (non-hydrogen) atoms. The van der Waals surface area contributed by atoms with Crippen molar-refractivity contribution in [2.75, 3.05) is 11.1 Å². The van der Waals surface area contributed by atoms with Gasteiger partial charge in [0.25, 0.3) is 0 Å². The molecule has 156 valence electrons. The van der Waals surface area contributed by atoms with Gasteiger partial charge in [-0.2, -0.15) is 0 Å². The second-order valence-corrected chi connectivity index (χ2v) is 8.00. The summed E-state index contributed by atoms with van der Waals surface area (Å²) in [4.78, 5) is 12.3. The zero-order valence-electron chi connectivity index (χ0n) is 17.5. The van der Waals surface area contributed by atoms with Crippen LogP contribution in [0.4, 0.5) is 5.69 Å². The summed E-state index contributed by atoms with van der Waals surface area (Å²) in [5.74, 6) is 1.66. The van der Waals surface area contributed by atoms with E-state index in [9.17, 15) is 4.79 Å². The smallest absolute Gasteiger partial charge is 0.234 e. The molecular weight excluding hydrogens is 396 g/mol. The largest absolute Gasteiger partial charge is 0.485 e. The number of hydrogen-bond acceptors (Lipinski definition) is 5. The van der Waals surface area contributed by atoms with Crippen LogP contribution >= 0.6 is 11.8 Å². The molecule has 3 rings (SSSR count). The number of anilines is 1. The molecular formula is C23H26N4O2S. The number of aromatic nitrogens is 3. The molecule has 0 saturated heterocycles. The van der Waals surface area contributed by atoms with Gasteiger partial charge in [-0.15, -0.1) is 16.8 Å². The fraction of sp³-hybridized carbons (Fsp3) is 0.261. The lowest BCUT2D eigenvalue weighted by Gasteiger charge is -2.11. The molecule has 0 atom stereocenters. The molecule has 0 aliphatic heterocycles. The third kappa shape index (κ3) is 5.73.